The number of nitrogens with zero attached hydrogens (tertiary/aromatic N) is 2. The molecule has 1 saturated heterocycles. The van der Waals surface area contributed by atoms with E-state index in [0.717, 1.165) is 18.7 Å². The molecule has 1 heterocycles. The van der Waals surface area contributed by atoms with Crippen molar-refractivity contribution in [3.63, 3.8) is 0 Å². The molecule has 1 aliphatic rings. The second-order valence-electron chi connectivity index (χ2n) is 4.16. The van der Waals surface area contributed by atoms with E-state index < -0.39 is 0 Å². The van der Waals surface area contributed by atoms with Crippen molar-refractivity contribution in [2.45, 2.75) is 26.2 Å². The number of anilines is 1. The van der Waals surface area contributed by atoms with Crippen molar-refractivity contribution in [3.05, 3.63) is 29.3 Å². The van der Waals surface area contributed by atoms with Gasteiger partial charge in [0.2, 0.25) is 0 Å². The average molecular weight is 200 g/mol. The van der Waals surface area contributed by atoms with Gasteiger partial charge in [-0.1, -0.05) is 6.07 Å². The first kappa shape index (κ1) is 10.0. The Morgan fingerprint density at radius 2 is 1.93 bits per heavy atom. The lowest BCUT2D eigenvalue weighted by Crippen LogP contribution is -2.29. The third-order valence-corrected chi connectivity index (χ3v) is 3.03. The predicted molar refractivity (Wildman–Crippen MR) is 62.0 cm³/mol. The summed E-state index contributed by atoms with van der Waals surface area (Å²) >= 11 is 0. The maximum Gasteiger partial charge on any atom is 0.0992 e. The van der Waals surface area contributed by atoms with Crippen LogP contribution < -0.4 is 4.90 Å². The van der Waals surface area contributed by atoms with E-state index in [1.165, 1.54) is 30.5 Å². The molecule has 0 unspecified atom stereocenters. The molecule has 78 valence electrons. The Labute approximate surface area is 91.1 Å². The zero-order chi connectivity index (χ0) is 10.7. The lowest BCUT2D eigenvalue weighted by molar-refractivity contribution is 0.577. The van der Waals surface area contributed by atoms with Gasteiger partial charge in [-0.15, -0.1) is 0 Å². The summed E-state index contributed by atoms with van der Waals surface area (Å²) in [5, 5.41) is 8.88. The van der Waals surface area contributed by atoms with E-state index in [9.17, 15) is 0 Å². The molecule has 15 heavy (non-hydrogen) atoms. The van der Waals surface area contributed by atoms with Crippen LogP contribution in [0.1, 0.15) is 30.4 Å². The summed E-state index contributed by atoms with van der Waals surface area (Å²) in [7, 11) is 0. The number of hydrogen-bond donors (Lipinski definition) is 0. The topological polar surface area (TPSA) is 27.0 Å². The minimum atomic E-state index is 0.765. The van der Waals surface area contributed by atoms with Crippen LogP contribution in [0, 0.1) is 18.3 Å². The summed E-state index contributed by atoms with van der Waals surface area (Å²) in [5.41, 5.74) is 3.28. The van der Waals surface area contributed by atoms with Crippen LogP contribution in [0.3, 0.4) is 0 Å². The average Bonchev–Trinajstić information content (AvgIpc) is 2.31. The van der Waals surface area contributed by atoms with Crippen molar-refractivity contribution < 1.29 is 0 Å². The highest BCUT2D eigenvalue weighted by molar-refractivity contribution is 5.57. The third-order valence-electron chi connectivity index (χ3n) is 3.03. The Morgan fingerprint density at radius 1 is 1.20 bits per heavy atom. The fraction of sp³-hybridized carbons (Fsp3) is 0.462. The Kier molecular flexibility index (Phi) is 2.91. The maximum absolute atomic E-state index is 8.88. The third kappa shape index (κ3) is 2.12. The molecule has 0 N–H and O–H groups in total. The summed E-state index contributed by atoms with van der Waals surface area (Å²) in [5.74, 6) is 0. The monoisotopic (exact) mass is 200 g/mol. The smallest absolute Gasteiger partial charge is 0.0992 e. The van der Waals surface area contributed by atoms with E-state index >= 15 is 0 Å². The summed E-state index contributed by atoms with van der Waals surface area (Å²) in [4.78, 5) is 2.40. The highest BCUT2D eigenvalue weighted by Crippen LogP contribution is 2.24. The van der Waals surface area contributed by atoms with E-state index in [1.807, 2.05) is 18.2 Å². The molecule has 1 aromatic carbocycles. The predicted octanol–water partition coefficient (Wildman–Crippen LogP) is 2.86. The van der Waals surface area contributed by atoms with Crippen molar-refractivity contribution in [1.29, 1.82) is 5.26 Å². The van der Waals surface area contributed by atoms with Gasteiger partial charge in [-0.3, -0.25) is 0 Å². The first-order valence-electron chi connectivity index (χ1n) is 5.57. The van der Waals surface area contributed by atoms with Gasteiger partial charge in [0.25, 0.3) is 0 Å². The van der Waals surface area contributed by atoms with Crippen LogP contribution in [0.5, 0.6) is 0 Å². The maximum atomic E-state index is 8.88. The van der Waals surface area contributed by atoms with Gasteiger partial charge in [-0.25, -0.2) is 0 Å². The van der Waals surface area contributed by atoms with Crippen molar-refractivity contribution in [2.24, 2.45) is 0 Å². The highest BCUT2D eigenvalue weighted by Gasteiger charge is 2.13. The Bertz CT molecular complexity index is 384. The van der Waals surface area contributed by atoms with Gasteiger partial charge in [-0.2, -0.15) is 5.26 Å². The van der Waals surface area contributed by atoms with Crippen molar-refractivity contribution in [3.8, 4) is 6.07 Å². The zero-order valence-electron chi connectivity index (χ0n) is 9.16. The second kappa shape index (κ2) is 4.35. The van der Waals surface area contributed by atoms with Crippen LogP contribution in [0.2, 0.25) is 0 Å². The Hall–Kier alpha value is -1.49. The summed E-state index contributed by atoms with van der Waals surface area (Å²) < 4.78 is 0. The molecular weight excluding hydrogens is 184 g/mol. The molecule has 0 amide bonds. The van der Waals surface area contributed by atoms with Gasteiger partial charge in [0.1, 0.15) is 0 Å². The van der Waals surface area contributed by atoms with Gasteiger partial charge >= 0.3 is 0 Å². The van der Waals surface area contributed by atoms with E-state index in [0.29, 0.717) is 0 Å². The highest BCUT2D eigenvalue weighted by atomic mass is 15.1. The minimum Gasteiger partial charge on any atom is -0.371 e. The SMILES string of the molecule is Cc1ccc(C#N)cc1N1CCCCC1. The molecule has 2 nitrogen and oxygen atoms in total. The van der Waals surface area contributed by atoms with Gasteiger partial charge in [0.15, 0.2) is 0 Å². The van der Waals surface area contributed by atoms with E-state index in [-0.39, 0.29) is 0 Å². The quantitative estimate of drug-likeness (QED) is 0.697. The standard InChI is InChI=1S/C13H16N2/c1-11-5-6-12(10-14)9-13(11)15-7-3-2-4-8-15/h5-6,9H,2-4,7-8H2,1H3. The van der Waals surface area contributed by atoms with Crippen LogP contribution in [0.4, 0.5) is 5.69 Å². The largest absolute Gasteiger partial charge is 0.371 e. The van der Waals surface area contributed by atoms with Crippen LogP contribution >= 0.6 is 0 Å². The zero-order valence-corrected chi connectivity index (χ0v) is 9.16. The summed E-state index contributed by atoms with van der Waals surface area (Å²) in [6.45, 7) is 4.39. The lowest BCUT2D eigenvalue weighted by atomic mass is 10.1. The van der Waals surface area contributed by atoms with Crippen LogP contribution in [-0.2, 0) is 0 Å². The van der Waals surface area contributed by atoms with Gasteiger partial charge < -0.3 is 4.90 Å². The van der Waals surface area contributed by atoms with Crippen molar-refractivity contribution in [1.82, 2.24) is 0 Å². The van der Waals surface area contributed by atoms with Crippen LogP contribution in [0.15, 0.2) is 18.2 Å². The van der Waals surface area contributed by atoms with Crippen LogP contribution in [-0.4, -0.2) is 13.1 Å². The Morgan fingerprint density at radius 3 is 2.60 bits per heavy atom. The van der Waals surface area contributed by atoms with Gasteiger partial charge in [0.05, 0.1) is 11.6 Å². The number of rotatable bonds is 1. The van der Waals surface area contributed by atoms with Crippen LogP contribution in [0.25, 0.3) is 0 Å². The molecule has 0 aliphatic carbocycles. The molecule has 1 fully saturated rings. The first-order valence-corrected chi connectivity index (χ1v) is 5.57. The lowest BCUT2D eigenvalue weighted by Gasteiger charge is -2.30. The molecular formula is C13H16N2. The molecule has 0 saturated carbocycles. The molecule has 2 heteroatoms. The number of piperidine rings is 1. The molecule has 0 bridgehead atoms. The fourth-order valence-corrected chi connectivity index (χ4v) is 2.15. The van der Waals surface area contributed by atoms with Crippen molar-refractivity contribution in [2.75, 3.05) is 18.0 Å². The van der Waals surface area contributed by atoms with E-state index in [2.05, 4.69) is 17.9 Å². The number of benzene rings is 1. The summed E-state index contributed by atoms with van der Waals surface area (Å²) in [6, 6.07) is 8.16. The summed E-state index contributed by atoms with van der Waals surface area (Å²) in [6.07, 6.45) is 3.89. The molecule has 0 atom stereocenters. The van der Waals surface area contributed by atoms with Gasteiger partial charge in [-0.05, 0) is 43.9 Å². The first-order chi connectivity index (χ1) is 7.31. The Balaban J connectivity index is 2.29. The normalized spacial score (nSPS) is 16.1. The molecule has 2 rings (SSSR count). The molecule has 0 spiro atoms. The second-order valence-corrected chi connectivity index (χ2v) is 4.16. The van der Waals surface area contributed by atoms with E-state index in [1.54, 1.807) is 0 Å². The molecule has 1 aliphatic heterocycles. The van der Waals surface area contributed by atoms with E-state index in [4.69, 9.17) is 5.26 Å². The van der Waals surface area contributed by atoms with Gasteiger partial charge in [0, 0.05) is 18.8 Å². The minimum absolute atomic E-state index is 0.765. The molecule has 0 radical (unpaired) electrons. The number of aryl methyl sites for hydroxylation is 1. The molecule has 0 aromatic heterocycles. The number of nitriles is 1. The van der Waals surface area contributed by atoms with Crippen molar-refractivity contribution >= 4 is 5.69 Å². The fourth-order valence-electron chi connectivity index (χ4n) is 2.15. The number of hydrogen-bond acceptors (Lipinski definition) is 2. The molecule has 1 aromatic rings.